The number of carbonyl (C=O) groups is 1. The number of likely N-dealkylation sites (N-methyl/N-ethyl adjacent to an activating group) is 1. The van der Waals surface area contributed by atoms with Gasteiger partial charge in [0.1, 0.15) is 6.54 Å². The maximum atomic E-state index is 12.5. The fourth-order valence-corrected chi connectivity index (χ4v) is 2.52. The van der Waals surface area contributed by atoms with Crippen molar-refractivity contribution in [2.75, 3.05) is 7.05 Å². The summed E-state index contributed by atoms with van der Waals surface area (Å²) in [5, 5.41) is 7.66. The van der Waals surface area contributed by atoms with Crippen LogP contribution in [0.25, 0.3) is 5.69 Å². The second kappa shape index (κ2) is 7.12. The maximum absolute atomic E-state index is 12.5. The van der Waals surface area contributed by atoms with Gasteiger partial charge in [-0.3, -0.25) is 4.79 Å². The zero-order chi connectivity index (χ0) is 17.8. The van der Waals surface area contributed by atoms with E-state index in [-0.39, 0.29) is 18.5 Å². The third kappa shape index (κ3) is 3.50. The zero-order valence-electron chi connectivity index (χ0n) is 14.1. The summed E-state index contributed by atoms with van der Waals surface area (Å²) in [6.07, 6.45) is 0. The Hall–Kier alpha value is -3.22. The van der Waals surface area contributed by atoms with Crippen molar-refractivity contribution in [3.63, 3.8) is 0 Å². The van der Waals surface area contributed by atoms with Crippen LogP contribution in [0.3, 0.4) is 0 Å². The molecule has 0 aliphatic carbocycles. The van der Waals surface area contributed by atoms with Crippen molar-refractivity contribution in [1.29, 1.82) is 0 Å². The molecule has 7 nitrogen and oxygen atoms in total. The standard InChI is InChI=1S/C18H19N5O2/c1-14(15-9-5-3-6-10-15)21(2)17(24)13-22-18(25)23(20-19-22)16-11-7-4-8-12-16/h3-12,14H,13H2,1-2H3. The first-order valence-corrected chi connectivity index (χ1v) is 7.97. The first-order chi connectivity index (χ1) is 12.1. The highest BCUT2D eigenvalue weighted by Gasteiger charge is 2.19. The third-order valence-corrected chi connectivity index (χ3v) is 4.18. The number of carbonyl (C=O) groups excluding carboxylic acids is 1. The highest BCUT2D eigenvalue weighted by Crippen LogP contribution is 2.18. The van der Waals surface area contributed by atoms with Crippen LogP contribution in [0.4, 0.5) is 0 Å². The van der Waals surface area contributed by atoms with E-state index in [0.29, 0.717) is 5.69 Å². The largest absolute Gasteiger partial charge is 0.368 e. The van der Waals surface area contributed by atoms with E-state index in [1.807, 2.05) is 43.3 Å². The van der Waals surface area contributed by atoms with Crippen molar-refractivity contribution in [3.8, 4) is 5.69 Å². The predicted octanol–water partition coefficient (Wildman–Crippen LogP) is 1.65. The molecule has 2 aromatic carbocycles. The van der Waals surface area contributed by atoms with Crippen molar-refractivity contribution in [1.82, 2.24) is 24.7 Å². The summed E-state index contributed by atoms with van der Waals surface area (Å²) in [6.45, 7) is 1.79. The SMILES string of the molecule is CC(c1ccccc1)N(C)C(=O)Cn1nnn(-c2ccccc2)c1=O. The van der Waals surface area contributed by atoms with Crippen LogP contribution >= 0.6 is 0 Å². The molecule has 128 valence electrons. The first-order valence-electron chi connectivity index (χ1n) is 7.97. The molecule has 1 aromatic heterocycles. The zero-order valence-corrected chi connectivity index (χ0v) is 14.1. The Morgan fingerprint density at radius 3 is 2.28 bits per heavy atom. The summed E-state index contributed by atoms with van der Waals surface area (Å²) in [5.41, 5.74) is 1.19. The van der Waals surface area contributed by atoms with Gasteiger partial charge in [0.05, 0.1) is 11.7 Å². The van der Waals surface area contributed by atoms with E-state index >= 15 is 0 Å². The van der Waals surface area contributed by atoms with Crippen LogP contribution in [0, 0.1) is 0 Å². The Balaban J connectivity index is 1.75. The van der Waals surface area contributed by atoms with Crippen molar-refractivity contribution >= 4 is 5.91 Å². The lowest BCUT2D eigenvalue weighted by atomic mass is 10.1. The Morgan fingerprint density at radius 2 is 1.64 bits per heavy atom. The minimum Gasteiger partial charge on any atom is -0.337 e. The van der Waals surface area contributed by atoms with Crippen LogP contribution in [0.5, 0.6) is 0 Å². The number of hydrogen-bond acceptors (Lipinski definition) is 4. The van der Waals surface area contributed by atoms with Gasteiger partial charge < -0.3 is 4.90 Å². The molecule has 0 saturated carbocycles. The van der Waals surface area contributed by atoms with Gasteiger partial charge >= 0.3 is 5.69 Å². The summed E-state index contributed by atoms with van der Waals surface area (Å²) >= 11 is 0. The Kier molecular flexibility index (Phi) is 4.74. The average molecular weight is 337 g/mol. The maximum Gasteiger partial charge on any atom is 0.368 e. The fraction of sp³-hybridized carbons (Fsp3) is 0.222. The molecule has 3 aromatic rings. The fourth-order valence-electron chi connectivity index (χ4n) is 2.52. The van der Waals surface area contributed by atoms with Gasteiger partial charge in [-0.05, 0) is 35.0 Å². The summed E-state index contributed by atoms with van der Waals surface area (Å²) in [6, 6.07) is 18.6. The van der Waals surface area contributed by atoms with E-state index in [1.165, 1.54) is 4.68 Å². The molecular weight excluding hydrogens is 318 g/mol. The summed E-state index contributed by atoms with van der Waals surface area (Å²) in [7, 11) is 1.71. The van der Waals surface area contributed by atoms with Crippen LogP contribution in [0.15, 0.2) is 65.5 Å². The molecule has 0 fully saturated rings. The molecule has 1 heterocycles. The van der Waals surface area contributed by atoms with Gasteiger partial charge in [-0.15, -0.1) is 0 Å². The van der Waals surface area contributed by atoms with Crippen molar-refractivity contribution < 1.29 is 4.79 Å². The van der Waals surface area contributed by atoms with Gasteiger partial charge in [0.15, 0.2) is 0 Å². The summed E-state index contributed by atoms with van der Waals surface area (Å²) in [4.78, 5) is 26.5. The monoisotopic (exact) mass is 337 g/mol. The summed E-state index contributed by atoms with van der Waals surface area (Å²) in [5.74, 6) is -0.210. The van der Waals surface area contributed by atoms with E-state index in [2.05, 4.69) is 10.4 Å². The van der Waals surface area contributed by atoms with Crippen LogP contribution in [-0.2, 0) is 11.3 Å². The number of aromatic nitrogens is 4. The number of benzene rings is 2. The summed E-state index contributed by atoms with van der Waals surface area (Å²) < 4.78 is 2.25. The lowest BCUT2D eigenvalue weighted by Gasteiger charge is -2.25. The lowest BCUT2D eigenvalue weighted by Crippen LogP contribution is -2.36. The highest BCUT2D eigenvalue weighted by molar-refractivity contribution is 5.76. The van der Waals surface area contributed by atoms with Crippen LogP contribution in [0.2, 0.25) is 0 Å². The molecule has 3 rings (SSSR count). The molecule has 0 aliphatic rings. The van der Waals surface area contributed by atoms with Crippen molar-refractivity contribution in [3.05, 3.63) is 76.7 Å². The number of para-hydroxylation sites is 1. The smallest absolute Gasteiger partial charge is 0.337 e. The van der Waals surface area contributed by atoms with Gasteiger partial charge in [0, 0.05) is 7.05 Å². The molecule has 0 N–H and O–H groups in total. The molecule has 1 unspecified atom stereocenters. The predicted molar refractivity (Wildman–Crippen MR) is 93.2 cm³/mol. The lowest BCUT2D eigenvalue weighted by molar-refractivity contribution is -0.132. The van der Waals surface area contributed by atoms with Crippen molar-refractivity contribution in [2.45, 2.75) is 19.5 Å². The van der Waals surface area contributed by atoms with Gasteiger partial charge in [-0.2, -0.15) is 9.36 Å². The Labute approximate surface area is 145 Å². The van der Waals surface area contributed by atoms with E-state index in [9.17, 15) is 9.59 Å². The average Bonchev–Trinajstić information content (AvgIpc) is 3.02. The first kappa shape index (κ1) is 16.6. The van der Waals surface area contributed by atoms with Gasteiger partial charge in [-0.1, -0.05) is 48.5 Å². The molecule has 0 radical (unpaired) electrons. The number of amides is 1. The van der Waals surface area contributed by atoms with Crippen LogP contribution in [0.1, 0.15) is 18.5 Å². The topological polar surface area (TPSA) is 73.0 Å². The molecule has 0 bridgehead atoms. The van der Waals surface area contributed by atoms with Crippen molar-refractivity contribution in [2.24, 2.45) is 0 Å². The molecule has 7 heteroatoms. The van der Waals surface area contributed by atoms with E-state index in [0.717, 1.165) is 10.2 Å². The normalized spacial score (nSPS) is 11.9. The Morgan fingerprint density at radius 1 is 1.04 bits per heavy atom. The number of rotatable bonds is 5. The Bertz CT molecular complexity index is 902. The molecule has 0 spiro atoms. The van der Waals surface area contributed by atoms with Gasteiger partial charge in [0.25, 0.3) is 0 Å². The van der Waals surface area contributed by atoms with Gasteiger partial charge in [-0.25, -0.2) is 4.79 Å². The highest BCUT2D eigenvalue weighted by atomic mass is 16.2. The van der Waals surface area contributed by atoms with E-state index < -0.39 is 5.69 Å². The minimum absolute atomic E-state index is 0.103. The number of hydrogen-bond donors (Lipinski definition) is 0. The quantitative estimate of drug-likeness (QED) is 0.710. The molecule has 25 heavy (non-hydrogen) atoms. The molecule has 1 amide bonds. The minimum atomic E-state index is -0.444. The molecule has 1 atom stereocenters. The number of nitrogens with zero attached hydrogens (tertiary/aromatic N) is 5. The molecular formula is C18H19N5O2. The van der Waals surface area contributed by atoms with Gasteiger partial charge in [0.2, 0.25) is 5.91 Å². The molecule has 0 aliphatic heterocycles. The second-order valence-corrected chi connectivity index (χ2v) is 5.76. The van der Waals surface area contributed by atoms with Crippen LogP contribution in [-0.4, -0.2) is 37.6 Å². The van der Waals surface area contributed by atoms with E-state index in [1.54, 1.807) is 36.2 Å². The third-order valence-electron chi connectivity index (χ3n) is 4.18. The number of tetrazole rings is 1. The van der Waals surface area contributed by atoms with E-state index in [4.69, 9.17) is 0 Å². The van der Waals surface area contributed by atoms with Crippen LogP contribution < -0.4 is 5.69 Å². The molecule has 0 saturated heterocycles. The second-order valence-electron chi connectivity index (χ2n) is 5.76.